The predicted octanol–water partition coefficient (Wildman–Crippen LogP) is 0.659. The van der Waals surface area contributed by atoms with Crippen molar-refractivity contribution in [2.24, 2.45) is 0 Å². The highest BCUT2D eigenvalue weighted by molar-refractivity contribution is 5.35. The molecule has 0 saturated carbocycles. The summed E-state index contributed by atoms with van der Waals surface area (Å²) < 4.78 is 0. The molecule has 4 rings (SSSR count). The molecule has 6 nitrogen and oxygen atoms in total. The molecule has 0 aliphatic carbocycles. The number of nitrogens with zero attached hydrogens (tertiary/aromatic N) is 3. The van der Waals surface area contributed by atoms with Gasteiger partial charge in [-0.05, 0) is 0 Å². The fourth-order valence-corrected chi connectivity index (χ4v) is 3.72. The van der Waals surface area contributed by atoms with Crippen molar-refractivity contribution < 1.29 is 4.90 Å². The standard InChI is InChI=1S/C20H21N5O/c26-20-22-18(15-21-23-20)24-11-13-25(14-12-24)19(16-7-3-1-4-8-16)17-9-5-2-6-10-17/h1-10,15,19H,11-14H2,(H,22,23,26)/p+1. The Kier molecular flexibility index (Phi) is 4.75. The summed E-state index contributed by atoms with van der Waals surface area (Å²) in [6.07, 6.45) is 1.62. The monoisotopic (exact) mass is 348 g/mol. The zero-order chi connectivity index (χ0) is 17.8. The molecule has 6 heteroatoms. The van der Waals surface area contributed by atoms with E-state index in [1.807, 2.05) is 0 Å². The van der Waals surface area contributed by atoms with Crippen LogP contribution in [0.5, 0.6) is 0 Å². The average molecular weight is 348 g/mol. The quantitative estimate of drug-likeness (QED) is 0.727. The highest BCUT2D eigenvalue weighted by atomic mass is 16.1. The van der Waals surface area contributed by atoms with Crippen molar-refractivity contribution in [2.75, 3.05) is 31.1 Å². The molecule has 0 amide bonds. The van der Waals surface area contributed by atoms with E-state index in [2.05, 4.69) is 80.7 Å². The highest BCUT2D eigenvalue weighted by Gasteiger charge is 2.30. The van der Waals surface area contributed by atoms with Crippen LogP contribution in [0.15, 0.2) is 71.7 Å². The van der Waals surface area contributed by atoms with Crippen LogP contribution in [-0.2, 0) is 0 Å². The molecule has 132 valence electrons. The van der Waals surface area contributed by atoms with Gasteiger partial charge in [0.25, 0.3) is 0 Å². The zero-order valence-corrected chi connectivity index (χ0v) is 14.5. The summed E-state index contributed by atoms with van der Waals surface area (Å²) in [6, 6.07) is 21.7. The molecule has 3 aromatic rings. The summed E-state index contributed by atoms with van der Waals surface area (Å²) in [4.78, 5) is 19.1. The number of benzene rings is 2. The maximum Gasteiger partial charge on any atom is 0.363 e. The van der Waals surface area contributed by atoms with Crippen LogP contribution in [0.2, 0.25) is 0 Å². The number of aromatic amines is 1. The van der Waals surface area contributed by atoms with Crippen molar-refractivity contribution in [2.45, 2.75) is 6.04 Å². The van der Waals surface area contributed by atoms with Gasteiger partial charge in [0.1, 0.15) is 6.04 Å². The van der Waals surface area contributed by atoms with E-state index in [1.54, 1.807) is 6.20 Å². The first-order valence-electron chi connectivity index (χ1n) is 8.92. The van der Waals surface area contributed by atoms with Crippen LogP contribution in [0, 0.1) is 0 Å². The topological polar surface area (TPSA) is 66.3 Å². The summed E-state index contributed by atoms with van der Waals surface area (Å²) in [6.45, 7) is 3.65. The number of hydrogen-bond acceptors (Lipinski definition) is 4. The van der Waals surface area contributed by atoms with E-state index in [1.165, 1.54) is 16.0 Å². The van der Waals surface area contributed by atoms with Crippen LogP contribution in [0.25, 0.3) is 0 Å². The Morgan fingerprint density at radius 2 is 1.50 bits per heavy atom. The van der Waals surface area contributed by atoms with Gasteiger partial charge in [-0.2, -0.15) is 10.1 Å². The van der Waals surface area contributed by atoms with Crippen LogP contribution >= 0.6 is 0 Å². The smallest absolute Gasteiger partial charge is 0.344 e. The molecule has 1 saturated heterocycles. The van der Waals surface area contributed by atoms with Gasteiger partial charge in [-0.1, -0.05) is 60.7 Å². The molecule has 0 unspecified atom stereocenters. The van der Waals surface area contributed by atoms with E-state index in [-0.39, 0.29) is 0 Å². The van der Waals surface area contributed by atoms with Crippen LogP contribution in [0.1, 0.15) is 17.2 Å². The van der Waals surface area contributed by atoms with Crippen molar-refractivity contribution in [3.63, 3.8) is 0 Å². The van der Waals surface area contributed by atoms with Gasteiger partial charge in [0.2, 0.25) is 0 Å². The van der Waals surface area contributed by atoms with Gasteiger partial charge >= 0.3 is 5.69 Å². The maximum absolute atomic E-state index is 11.4. The first kappa shape index (κ1) is 16.5. The number of anilines is 1. The summed E-state index contributed by atoms with van der Waals surface area (Å²) in [5, 5.41) is 6.19. The van der Waals surface area contributed by atoms with Gasteiger partial charge in [0, 0.05) is 11.1 Å². The number of piperazine rings is 1. The second-order valence-corrected chi connectivity index (χ2v) is 6.54. The molecular weight excluding hydrogens is 326 g/mol. The lowest BCUT2D eigenvalue weighted by molar-refractivity contribution is -0.926. The average Bonchev–Trinajstić information content (AvgIpc) is 2.70. The Balaban J connectivity index is 1.56. The third-order valence-corrected chi connectivity index (χ3v) is 4.96. The number of hydrogen-bond donors (Lipinski definition) is 2. The van der Waals surface area contributed by atoms with Crippen molar-refractivity contribution in [1.82, 2.24) is 15.2 Å². The van der Waals surface area contributed by atoms with E-state index in [9.17, 15) is 4.79 Å². The zero-order valence-electron chi connectivity index (χ0n) is 14.5. The summed E-state index contributed by atoms with van der Waals surface area (Å²) in [7, 11) is 0. The Morgan fingerprint density at radius 1 is 0.923 bits per heavy atom. The summed E-state index contributed by atoms with van der Waals surface area (Å²) in [5.74, 6) is 0.656. The Morgan fingerprint density at radius 3 is 2.04 bits per heavy atom. The van der Waals surface area contributed by atoms with Gasteiger partial charge in [-0.15, -0.1) is 0 Å². The molecule has 2 N–H and O–H groups in total. The van der Waals surface area contributed by atoms with Crippen LogP contribution in [0.3, 0.4) is 0 Å². The molecule has 0 bridgehead atoms. The maximum atomic E-state index is 11.4. The minimum atomic E-state index is -0.399. The lowest BCUT2D eigenvalue weighted by Crippen LogP contribution is -3.15. The van der Waals surface area contributed by atoms with Crippen LogP contribution in [-0.4, -0.2) is 41.4 Å². The highest BCUT2D eigenvalue weighted by Crippen LogP contribution is 2.19. The Labute approximate surface area is 152 Å². The number of aromatic nitrogens is 3. The van der Waals surface area contributed by atoms with Crippen LogP contribution in [0.4, 0.5) is 5.82 Å². The van der Waals surface area contributed by atoms with E-state index in [0.717, 1.165) is 26.2 Å². The van der Waals surface area contributed by atoms with E-state index < -0.39 is 5.69 Å². The van der Waals surface area contributed by atoms with E-state index >= 15 is 0 Å². The number of quaternary nitrogens is 1. The fraction of sp³-hybridized carbons (Fsp3) is 0.250. The van der Waals surface area contributed by atoms with Gasteiger partial charge < -0.3 is 9.80 Å². The van der Waals surface area contributed by atoms with Crippen molar-refractivity contribution in [1.29, 1.82) is 0 Å². The third kappa shape index (κ3) is 3.50. The minimum absolute atomic E-state index is 0.310. The second kappa shape index (κ2) is 7.49. The first-order valence-corrected chi connectivity index (χ1v) is 8.92. The predicted molar refractivity (Wildman–Crippen MR) is 100 cm³/mol. The third-order valence-electron chi connectivity index (χ3n) is 4.96. The number of rotatable bonds is 4. The van der Waals surface area contributed by atoms with E-state index in [4.69, 9.17) is 0 Å². The SMILES string of the molecule is O=c1nc(N2CC[NH+](C(c3ccccc3)c3ccccc3)CC2)cn[nH]1. The molecule has 0 spiro atoms. The van der Waals surface area contributed by atoms with Crippen molar-refractivity contribution in [3.05, 3.63) is 88.5 Å². The van der Waals surface area contributed by atoms with Gasteiger partial charge in [0.15, 0.2) is 5.82 Å². The van der Waals surface area contributed by atoms with Crippen molar-refractivity contribution >= 4 is 5.82 Å². The Bertz CT molecular complexity index is 849. The molecule has 26 heavy (non-hydrogen) atoms. The molecule has 2 aromatic carbocycles. The lowest BCUT2D eigenvalue weighted by atomic mass is 9.96. The molecule has 1 aromatic heterocycles. The van der Waals surface area contributed by atoms with E-state index in [0.29, 0.717) is 11.9 Å². The van der Waals surface area contributed by atoms with Gasteiger partial charge in [-0.25, -0.2) is 9.89 Å². The lowest BCUT2D eigenvalue weighted by Gasteiger charge is -2.37. The second-order valence-electron chi connectivity index (χ2n) is 6.54. The normalized spacial score (nSPS) is 15.3. The molecular formula is C20H22N5O+. The Hall–Kier alpha value is -2.99. The van der Waals surface area contributed by atoms with Gasteiger partial charge in [-0.3, -0.25) is 0 Å². The molecule has 0 radical (unpaired) electrons. The fourth-order valence-electron chi connectivity index (χ4n) is 3.72. The minimum Gasteiger partial charge on any atom is -0.344 e. The largest absolute Gasteiger partial charge is 0.363 e. The summed E-state index contributed by atoms with van der Waals surface area (Å²) >= 11 is 0. The summed E-state index contributed by atoms with van der Waals surface area (Å²) in [5.41, 5.74) is 2.26. The van der Waals surface area contributed by atoms with Crippen molar-refractivity contribution in [3.8, 4) is 0 Å². The first-order chi connectivity index (χ1) is 12.8. The number of H-pyrrole nitrogens is 1. The molecule has 1 fully saturated rings. The molecule has 2 heterocycles. The number of nitrogens with one attached hydrogen (secondary N) is 2. The van der Waals surface area contributed by atoms with Gasteiger partial charge in [0.05, 0.1) is 32.4 Å². The van der Waals surface area contributed by atoms with Crippen LogP contribution < -0.4 is 15.5 Å². The molecule has 0 atom stereocenters. The molecule has 1 aliphatic heterocycles. The molecule has 1 aliphatic rings.